The van der Waals surface area contributed by atoms with Crippen molar-refractivity contribution >= 4 is 5.91 Å². The Morgan fingerprint density at radius 3 is 2.92 bits per heavy atom. The maximum absolute atomic E-state index is 11.4. The Kier molecular flexibility index (Phi) is 2.28. The molecule has 1 aliphatic carbocycles. The molecule has 2 fully saturated rings. The largest absolute Gasteiger partial charge is 0.355 e. The summed E-state index contributed by atoms with van der Waals surface area (Å²) in [6.07, 6.45) is 3.37. The van der Waals surface area contributed by atoms with E-state index in [-0.39, 0.29) is 5.91 Å². The minimum atomic E-state index is 0.271. The average Bonchev–Trinajstić information content (AvgIpc) is 2.87. The lowest BCUT2D eigenvalue weighted by Gasteiger charge is -2.22. The van der Waals surface area contributed by atoms with Crippen LogP contribution in [-0.2, 0) is 4.79 Å². The highest BCUT2D eigenvalue weighted by Gasteiger charge is 2.33. The molecule has 1 aliphatic heterocycles. The predicted octanol–water partition coefficient (Wildman–Crippen LogP) is 0.512. The Hall–Kier alpha value is -0.570. The van der Waals surface area contributed by atoms with Crippen molar-refractivity contribution in [1.29, 1.82) is 0 Å². The maximum Gasteiger partial charge on any atom is 0.223 e. The van der Waals surface area contributed by atoms with Gasteiger partial charge in [0.05, 0.1) is 0 Å². The topological polar surface area (TPSA) is 41.1 Å². The average molecular weight is 182 g/mol. The summed E-state index contributed by atoms with van der Waals surface area (Å²) in [5, 5.41) is 6.38. The highest BCUT2D eigenvalue weighted by Crippen LogP contribution is 2.29. The highest BCUT2D eigenvalue weighted by atomic mass is 16.2. The van der Waals surface area contributed by atoms with Crippen molar-refractivity contribution in [3.05, 3.63) is 0 Å². The number of amides is 1. The van der Waals surface area contributed by atoms with E-state index in [0.717, 1.165) is 32.5 Å². The fourth-order valence-electron chi connectivity index (χ4n) is 1.81. The Balaban J connectivity index is 1.74. The van der Waals surface area contributed by atoms with Crippen LogP contribution in [0.2, 0.25) is 0 Å². The smallest absolute Gasteiger partial charge is 0.223 e. The van der Waals surface area contributed by atoms with Gasteiger partial charge in [-0.2, -0.15) is 0 Å². The quantitative estimate of drug-likeness (QED) is 0.668. The molecular formula is C10H18N2O. The van der Waals surface area contributed by atoms with Gasteiger partial charge in [0, 0.05) is 19.0 Å². The molecule has 13 heavy (non-hydrogen) atoms. The van der Waals surface area contributed by atoms with Gasteiger partial charge in [-0.15, -0.1) is 0 Å². The molecule has 0 aromatic heterocycles. The fraction of sp³-hybridized carbons (Fsp3) is 0.900. The second kappa shape index (κ2) is 3.29. The van der Waals surface area contributed by atoms with Crippen molar-refractivity contribution in [3.8, 4) is 0 Å². The van der Waals surface area contributed by atoms with E-state index < -0.39 is 0 Å². The summed E-state index contributed by atoms with van der Waals surface area (Å²) in [6.45, 7) is 5.21. The predicted molar refractivity (Wildman–Crippen MR) is 51.3 cm³/mol. The van der Waals surface area contributed by atoms with Gasteiger partial charge in [0.25, 0.3) is 0 Å². The van der Waals surface area contributed by atoms with E-state index in [0.29, 0.717) is 11.3 Å². The minimum absolute atomic E-state index is 0.271. The van der Waals surface area contributed by atoms with Crippen molar-refractivity contribution in [3.63, 3.8) is 0 Å². The molecule has 1 amide bonds. The van der Waals surface area contributed by atoms with Crippen molar-refractivity contribution in [2.45, 2.75) is 26.2 Å². The SMILES string of the molecule is C[C@@]1(CNC(=O)C2CC2)CCNC1. The monoisotopic (exact) mass is 182 g/mol. The molecule has 3 nitrogen and oxygen atoms in total. The third-order valence-electron chi connectivity index (χ3n) is 3.09. The van der Waals surface area contributed by atoms with E-state index in [1.807, 2.05) is 0 Å². The molecule has 0 unspecified atom stereocenters. The number of carbonyl (C=O) groups is 1. The van der Waals surface area contributed by atoms with Gasteiger partial charge in [0.15, 0.2) is 0 Å². The van der Waals surface area contributed by atoms with E-state index in [2.05, 4.69) is 17.6 Å². The van der Waals surface area contributed by atoms with E-state index in [4.69, 9.17) is 0 Å². The minimum Gasteiger partial charge on any atom is -0.355 e. The van der Waals surface area contributed by atoms with Gasteiger partial charge in [0.1, 0.15) is 0 Å². The van der Waals surface area contributed by atoms with Crippen LogP contribution in [0.15, 0.2) is 0 Å². The number of hydrogen-bond donors (Lipinski definition) is 2. The van der Waals surface area contributed by atoms with E-state index in [9.17, 15) is 4.79 Å². The van der Waals surface area contributed by atoms with Crippen LogP contribution in [-0.4, -0.2) is 25.5 Å². The Labute approximate surface area is 79.3 Å². The van der Waals surface area contributed by atoms with Crippen molar-refractivity contribution in [1.82, 2.24) is 10.6 Å². The van der Waals surface area contributed by atoms with Gasteiger partial charge >= 0.3 is 0 Å². The number of hydrogen-bond acceptors (Lipinski definition) is 2. The molecule has 2 aliphatic rings. The Morgan fingerprint density at radius 1 is 1.62 bits per heavy atom. The van der Waals surface area contributed by atoms with Crippen LogP contribution < -0.4 is 10.6 Å². The standard InChI is InChI=1S/C10H18N2O/c1-10(4-5-11-6-10)7-12-9(13)8-2-3-8/h8,11H,2-7H2,1H3,(H,12,13)/t10-/m1/s1. The van der Waals surface area contributed by atoms with Crippen LogP contribution in [0, 0.1) is 11.3 Å². The summed E-state index contributed by atoms with van der Waals surface area (Å²) in [6, 6.07) is 0. The summed E-state index contributed by atoms with van der Waals surface area (Å²) in [4.78, 5) is 11.4. The normalized spacial score (nSPS) is 33.3. The third kappa shape index (κ3) is 2.21. The number of nitrogens with one attached hydrogen (secondary N) is 2. The number of rotatable bonds is 3. The molecular weight excluding hydrogens is 164 g/mol. The van der Waals surface area contributed by atoms with Crippen LogP contribution in [0.25, 0.3) is 0 Å². The summed E-state index contributed by atoms with van der Waals surface area (Å²) in [7, 11) is 0. The van der Waals surface area contributed by atoms with Crippen LogP contribution in [0.4, 0.5) is 0 Å². The third-order valence-corrected chi connectivity index (χ3v) is 3.09. The molecule has 0 spiro atoms. The lowest BCUT2D eigenvalue weighted by molar-refractivity contribution is -0.122. The van der Waals surface area contributed by atoms with Crippen molar-refractivity contribution in [2.24, 2.45) is 11.3 Å². The van der Waals surface area contributed by atoms with Gasteiger partial charge < -0.3 is 10.6 Å². The summed E-state index contributed by atoms with van der Waals surface area (Å²) in [5.41, 5.74) is 0.296. The highest BCUT2D eigenvalue weighted by molar-refractivity contribution is 5.80. The molecule has 2 rings (SSSR count). The Morgan fingerprint density at radius 2 is 2.38 bits per heavy atom. The number of carbonyl (C=O) groups excluding carboxylic acids is 1. The molecule has 0 aromatic carbocycles. The first-order chi connectivity index (χ1) is 6.20. The molecule has 1 heterocycles. The molecule has 3 heteroatoms. The summed E-state index contributed by atoms with van der Waals surface area (Å²) >= 11 is 0. The summed E-state index contributed by atoms with van der Waals surface area (Å²) in [5.74, 6) is 0.617. The van der Waals surface area contributed by atoms with Gasteiger partial charge in [0.2, 0.25) is 5.91 Å². The fourth-order valence-corrected chi connectivity index (χ4v) is 1.81. The van der Waals surface area contributed by atoms with Crippen molar-refractivity contribution < 1.29 is 4.79 Å². The zero-order valence-corrected chi connectivity index (χ0v) is 8.23. The molecule has 0 radical (unpaired) electrons. The first-order valence-corrected chi connectivity index (χ1v) is 5.18. The van der Waals surface area contributed by atoms with Crippen LogP contribution in [0.1, 0.15) is 26.2 Å². The Bertz CT molecular complexity index is 205. The van der Waals surface area contributed by atoms with E-state index in [1.54, 1.807) is 0 Å². The zero-order valence-electron chi connectivity index (χ0n) is 8.23. The molecule has 74 valence electrons. The summed E-state index contributed by atoms with van der Waals surface area (Å²) < 4.78 is 0. The zero-order chi connectivity index (χ0) is 9.31. The van der Waals surface area contributed by atoms with Crippen LogP contribution in [0.5, 0.6) is 0 Å². The first kappa shape index (κ1) is 9.00. The molecule has 0 bridgehead atoms. The molecule has 2 N–H and O–H groups in total. The molecule has 1 saturated carbocycles. The van der Waals surface area contributed by atoms with Crippen LogP contribution in [0.3, 0.4) is 0 Å². The van der Waals surface area contributed by atoms with Gasteiger partial charge in [-0.05, 0) is 31.2 Å². The van der Waals surface area contributed by atoms with Crippen LogP contribution >= 0.6 is 0 Å². The molecule has 1 saturated heterocycles. The van der Waals surface area contributed by atoms with Gasteiger partial charge in [-0.25, -0.2) is 0 Å². The maximum atomic E-state index is 11.4. The van der Waals surface area contributed by atoms with Gasteiger partial charge in [-0.1, -0.05) is 6.92 Å². The molecule has 0 aromatic rings. The van der Waals surface area contributed by atoms with Crippen molar-refractivity contribution in [2.75, 3.05) is 19.6 Å². The lowest BCUT2D eigenvalue weighted by atomic mass is 9.90. The first-order valence-electron chi connectivity index (χ1n) is 5.18. The lowest BCUT2D eigenvalue weighted by Crippen LogP contribution is -2.37. The second-order valence-electron chi connectivity index (χ2n) is 4.73. The second-order valence-corrected chi connectivity index (χ2v) is 4.73. The van der Waals surface area contributed by atoms with E-state index >= 15 is 0 Å². The van der Waals surface area contributed by atoms with E-state index in [1.165, 1.54) is 6.42 Å². The van der Waals surface area contributed by atoms with Gasteiger partial charge in [-0.3, -0.25) is 4.79 Å². The molecule has 1 atom stereocenters.